The molecule has 138 valence electrons. The Balaban J connectivity index is 0.000000814. The summed E-state index contributed by atoms with van der Waals surface area (Å²) >= 11 is 0. The summed E-state index contributed by atoms with van der Waals surface area (Å²) in [5.41, 5.74) is 4.13. The number of aryl methyl sites for hydroxylation is 1. The van der Waals surface area contributed by atoms with Gasteiger partial charge in [0, 0.05) is 56.6 Å². The fourth-order valence-electron chi connectivity index (χ4n) is 3.63. The van der Waals surface area contributed by atoms with Crippen LogP contribution in [0.5, 0.6) is 0 Å². The summed E-state index contributed by atoms with van der Waals surface area (Å²) < 4.78 is 4.22. The average molecular weight is 355 g/mol. The summed E-state index contributed by atoms with van der Waals surface area (Å²) in [7, 11) is 1.00. The van der Waals surface area contributed by atoms with Crippen molar-refractivity contribution >= 4 is 11.5 Å². The maximum Gasteiger partial charge on any atom is 0.180 e. The molecular formula is C18H25N7O. The summed E-state index contributed by atoms with van der Waals surface area (Å²) in [6, 6.07) is 0.450. The van der Waals surface area contributed by atoms with Gasteiger partial charge in [-0.25, -0.2) is 9.97 Å². The number of hydrogen-bond donors (Lipinski definition) is 2. The number of anilines is 1. The molecule has 0 amide bonds. The molecule has 5 rings (SSSR count). The standard InChI is InChI=1S/C17H21N7.CH4O/c1-12-15(13-9-20-24(11-13)14-3-4-18-10-14)21-17(22-6-2-7-22)16-19-5-8-23(12)16;1-2/h5,8-9,11,14,18H,2-4,6-7,10H2,1H3;2H,1H3/t14-;/m1./s1. The minimum Gasteiger partial charge on any atom is -0.400 e. The number of rotatable bonds is 3. The predicted octanol–water partition coefficient (Wildman–Crippen LogP) is 1.25. The molecule has 2 fully saturated rings. The van der Waals surface area contributed by atoms with Crippen LogP contribution in [0.3, 0.4) is 0 Å². The van der Waals surface area contributed by atoms with Crippen LogP contribution in [0.25, 0.3) is 16.9 Å². The first kappa shape index (κ1) is 17.0. The largest absolute Gasteiger partial charge is 0.400 e. The highest BCUT2D eigenvalue weighted by atomic mass is 16.2. The third-order valence-corrected chi connectivity index (χ3v) is 5.20. The number of fused-ring (bicyclic) bond motifs is 1. The first-order chi connectivity index (χ1) is 12.8. The van der Waals surface area contributed by atoms with Crippen LogP contribution in [0.15, 0.2) is 24.8 Å². The summed E-state index contributed by atoms with van der Waals surface area (Å²) in [6.07, 6.45) is 10.3. The zero-order valence-electron chi connectivity index (χ0n) is 15.3. The second-order valence-electron chi connectivity index (χ2n) is 6.69. The smallest absolute Gasteiger partial charge is 0.180 e. The van der Waals surface area contributed by atoms with E-state index in [9.17, 15) is 0 Å². The highest BCUT2D eigenvalue weighted by molar-refractivity contribution is 5.72. The molecule has 8 nitrogen and oxygen atoms in total. The number of aromatic nitrogens is 5. The Kier molecular flexibility index (Phi) is 4.60. The van der Waals surface area contributed by atoms with Crippen LogP contribution in [-0.4, -0.2) is 62.5 Å². The molecule has 3 aromatic heterocycles. The Morgan fingerprint density at radius 3 is 2.81 bits per heavy atom. The van der Waals surface area contributed by atoms with Crippen molar-refractivity contribution in [1.82, 2.24) is 29.5 Å². The second kappa shape index (κ2) is 7.05. The quantitative estimate of drug-likeness (QED) is 0.736. The molecule has 0 aromatic carbocycles. The number of aliphatic hydroxyl groups excluding tert-OH is 1. The molecule has 2 aliphatic rings. The highest BCUT2D eigenvalue weighted by Gasteiger charge is 2.23. The molecule has 0 saturated carbocycles. The van der Waals surface area contributed by atoms with Gasteiger partial charge in [-0.2, -0.15) is 5.10 Å². The van der Waals surface area contributed by atoms with Crippen molar-refractivity contribution in [3.63, 3.8) is 0 Å². The average Bonchev–Trinajstić information content (AvgIpc) is 3.38. The van der Waals surface area contributed by atoms with Crippen LogP contribution in [0.1, 0.15) is 24.6 Å². The molecule has 0 spiro atoms. The monoisotopic (exact) mass is 355 g/mol. The lowest BCUT2D eigenvalue weighted by molar-refractivity contribution is 0.399. The van der Waals surface area contributed by atoms with Gasteiger partial charge in [-0.3, -0.25) is 9.08 Å². The number of imidazole rings is 1. The minimum absolute atomic E-state index is 0.450. The maximum atomic E-state index is 7.00. The van der Waals surface area contributed by atoms with Crippen LogP contribution in [0.4, 0.5) is 5.82 Å². The molecule has 0 unspecified atom stereocenters. The summed E-state index contributed by atoms with van der Waals surface area (Å²) in [5.74, 6) is 0.988. The Morgan fingerprint density at radius 2 is 2.12 bits per heavy atom. The zero-order chi connectivity index (χ0) is 18.1. The van der Waals surface area contributed by atoms with Gasteiger partial charge >= 0.3 is 0 Å². The van der Waals surface area contributed by atoms with Crippen LogP contribution in [0, 0.1) is 6.92 Å². The molecule has 0 aliphatic carbocycles. The SMILES string of the molecule is CO.Cc1c(-c2cnn([C@@H]3CCNC3)c2)nc(N2CCC2)c2nccn12. The molecule has 2 N–H and O–H groups in total. The third kappa shape index (κ3) is 2.75. The molecule has 8 heteroatoms. The lowest BCUT2D eigenvalue weighted by atomic mass is 10.2. The normalized spacial score (nSPS) is 19.3. The lowest BCUT2D eigenvalue weighted by Crippen LogP contribution is -2.38. The third-order valence-electron chi connectivity index (χ3n) is 5.20. The maximum absolute atomic E-state index is 7.00. The van der Waals surface area contributed by atoms with E-state index in [0.29, 0.717) is 6.04 Å². The highest BCUT2D eigenvalue weighted by Crippen LogP contribution is 2.30. The Labute approximate surface area is 152 Å². The van der Waals surface area contributed by atoms with E-state index in [4.69, 9.17) is 10.1 Å². The number of hydrogen-bond acceptors (Lipinski definition) is 6. The first-order valence-corrected chi connectivity index (χ1v) is 9.10. The molecule has 0 radical (unpaired) electrons. The van der Waals surface area contributed by atoms with Crippen LogP contribution in [0.2, 0.25) is 0 Å². The van der Waals surface area contributed by atoms with Gasteiger partial charge in [-0.05, 0) is 26.3 Å². The van der Waals surface area contributed by atoms with Gasteiger partial charge in [-0.1, -0.05) is 0 Å². The van der Waals surface area contributed by atoms with Gasteiger partial charge in [-0.15, -0.1) is 0 Å². The molecular weight excluding hydrogens is 330 g/mol. The van der Waals surface area contributed by atoms with Crippen molar-refractivity contribution in [2.45, 2.75) is 25.8 Å². The molecule has 2 saturated heterocycles. The van der Waals surface area contributed by atoms with E-state index in [1.807, 2.05) is 18.6 Å². The molecule has 2 aliphatic heterocycles. The van der Waals surface area contributed by atoms with E-state index in [1.54, 1.807) is 0 Å². The number of nitrogens with one attached hydrogen (secondary N) is 1. The van der Waals surface area contributed by atoms with Gasteiger partial charge in [0.2, 0.25) is 0 Å². The topological polar surface area (TPSA) is 83.5 Å². The van der Waals surface area contributed by atoms with E-state index in [1.165, 1.54) is 6.42 Å². The van der Waals surface area contributed by atoms with Gasteiger partial charge in [0.05, 0.1) is 17.9 Å². The Hall–Kier alpha value is -2.45. The second-order valence-corrected chi connectivity index (χ2v) is 6.69. The van der Waals surface area contributed by atoms with Crippen LogP contribution < -0.4 is 10.2 Å². The van der Waals surface area contributed by atoms with Crippen molar-refractivity contribution in [1.29, 1.82) is 0 Å². The van der Waals surface area contributed by atoms with E-state index >= 15 is 0 Å². The lowest BCUT2D eigenvalue weighted by Gasteiger charge is -2.32. The molecule has 3 aromatic rings. The molecule has 0 bridgehead atoms. The fourth-order valence-corrected chi connectivity index (χ4v) is 3.63. The first-order valence-electron chi connectivity index (χ1n) is 9.10. The van der Waals surface area contributed by atoms with E-state index in [0.717, 1.165) is 68.1 Å². The van der Waals surface area contributed by atoms with E-state index in [-0.39, 0.29) is 0 Å². The minimum atomic E-state index is 0.450. The summed E-state index contributed by atoms with van der Waals surface area (Å²) in [6.45, 7) is 6.28. The van der Waals surface area contributed by atoms with Gasteiger partial charge in [0.15, 0.2) is 11.5 Å². The van der Waals surface area contributed by atoms with Gasteiger partial charge in [0.25, 0.3) is 0 Å². The summed E-state index contributed by atoms with van der Waals surface area (Å²) in [4.78, 5) is 11.8. The van der Waals surface area contributed by atoms with Gasteiger partial charge in [0.1, 0.15) is 0 Å². The van der Waals surface area contributed by atoms with E-state index in [2.05, 4.69) is 42.5 Å². The summed E-state index contributed by atoms with van der Waals surface area (Å²) in [5, 5.41) is 15.0. The fraction of sp³-hybridized carbons (Fsp3) is 0.500. The van der Waals surface area contributed by atoms with Crippen molar-refractivity contribution in [2.75, 3.05) is 38.2 Å². The zero-order valence-corrected chi connectivity index (χ0v) is 15.3. The predicted molar refractivity (Wildman–Crippen MR) is 100 cm³/mol. The molecule has 5 heterocycles. The van der Waals surface area contributed by atoms with Crippen molar-refractivity contribution < 1.29 is 5.11 Å². The van der Waals surface area contributed by atoms with Crippen molar-refractivity contribution in [3.05, 3.63) is 30.5 Å². The van der Waals surface area contributed by atoms with Crippen molar-refractivity contribution in [2.24, 2.45) is 0 Å². The Morgan fingerprint density at radius 1 is 1.27 bits per heavy atom. The molecule has 26 heavy (non-hydrogen) atoms. The van der Waals surface area contributed by atoms with E-state index < -0.39 is 0 Å². The molecule has 1 atom stereocenters. The van der Waals surface area contributed by atoms with Crippen molar-refractivity contribution in [3.8, 4) is 11.3 Å². The Bertz CT molecular complexity index is 890. The van der Waals surface area contributed by atoms with Crippen LogP contribution in [-0.2, 0) is 0 Å². The van der Waals surface area contributed by atoms with Gasteiger partial charge < -0.3 is 15.3 Å². The number of aliphatic hydroxyl groups is 1. The number of nitrogens with zero attached hydrogens (tertiary/aromatic N) is 6. The van der Waals surface area contributed by atoms with Crippen LogP contribution >= 0.6 is 0 Å².